The van der Waals surface area contributed by atoms with Crippen LogP contribution in [0.2, 0.25) is 5.02 Å². The Labute approximate surface area is 106 Å². The molecule has 0 bridgehead atoms. The average molecular weight is 279 g/mol. The summed E-state index contributed by atoms with van der Waals surface area (Å²) in [4.78, 5) is 13.3. The van der Waals surface area contributed by atoms with E-state index >= 15 is 0 Å². The molecule has 0 aliphatic carbocycles. The molecule has 0 atom stereocenters. The Kier molecular flexibility index (Phi) is 3.25. The monoisotopic (exact) mass is 278 g/mol. The van der Waals surface area contributed by atoms with Crippen LogP contribution < -0.4 is 5.73 Å². The predicted octanol–water partition coefficient (Wildman–Crippen LogP) is 2.14. The Morgan fingerprint density at radius 2 is 2.00 bits per heavy atom. The van der Waals surface area contributed by atoms with E-state index < -0.39 is 17.6 Å². The van der Waals surface area contributed by atoms with Crippen molar-refractivity contribution >= 4 is 17.5 Å². The summed E-state index contributed by atoms with van der Waals surface area (Å²) in [6.45, 7) is 0.798. The third kappa shape index (κ3) is 2.44. The average Bonchev–Trinajstić information content (AvgIpc) is 2.22. The zero-order valence-corrected chi connectivity index (χ0v) is 9.92. The second kappa shape index (κ2) is 4.44. The van der Waals surface area contributed by atoms with Crippen molar-refractivity contribution in [2.45, 2.75) is 12.2 Å². The van der Waals surface area contributed by atoms with E-state index in [1.807, 2.05) is 0 Å². The molecule has 1 aromatic rings. The predicted molar refractivity (Wildman–Crippen MR) is 60.3 cm³/mol. The molecule has 1 fully saturated rings. The molecule has 0 radical (unpaired) electrons. The molecule has 0 unspecified atom stereocenters. The highest BCUT2D eigenvalue weighted by Crippen LogP contribution is 2.32. The highest BCUT2D eigenvalue weighted by molar-refractivity contribution is 6.33. The Morgan fingerprint density at radius 3 is 2.44 bits per heavy atom. The molecule has 1 saturated heterocycles. The molecule has 0 aromatic heterocycles. The first-order chi connectivity index (χ1) is 8.29. The third-order valence-corrected chi connectivity index (χ3v) is 3.04. The fourth-order valence-corrected chi connectivity index (χ4v) is 1.98. The van der Waals surface area contributed by atoms with Crippen molar-refractivity contribution < 1.29 is 18.0 Å². The summed E-state index contributed by atoms with van der Waals surface area (Å²) in [5, 5.41) is -0.199. The van der Waals surface area contributed by atoms with Crippen LogP contribution in [-0.4, -0.2) is 29.9 Å². The number of carbonyl (C=O) groups excluding carboxylic acids is 1. The number of likely N-dealkylation sites (tertiary alicyclic amines) is 1. The van der Waals surface area contributed by atoms with Gasteiger partial charge in [0, 0.05) is 19.1 Å². The number of nitrogens with zero attached hydrogens (tertiary/aromatic N) is 1. The van der Waals surface area contributed by atoms with Crippen LogP contribution >= 0.6 is 11.6 Å². The highest BCUT2D eigenvalue weighted by atomic mass is 35.5. The summed E-state index contributed by atoms with van der Waals surface area (Å²) >= 11 is 5.71. The Hall–Kier alpha value is -1.27. The van der Waals surface area contributed by atoms with Crippen molar-refractivity contribution in [1.29, 1.82) is 0 Å². The maximum Gasteiger partial charge on any atom is 0.416 e. The van der Waals surface area contributed by atoms with Crippen LogP contribution in [-0.2, 0) is 6.18 Å². The molecule has 3 nitrogen and oxygen atoms in total. The summed E-state index contributed by atoms with van der Waals surface area (Å²) < 4.78 is 37.3. The van der Waals surface area contributed by atoms with Gasteiger partial charge >= 0.3 is 6.18 Å². The van der Waals surface area contributed by atoms with Crippen molar-refractivity contribution in [3.05, 3.63) is 34.3 Å². The molecular weight excluding hydrogens is 269 g/mol. The maximum absolute atomic E-state index is 12.4. The van der Waals surface area contributed by atoms with E-state index in [0.717, 1.165) is 18.2 Å². The molecule has 1 aliphatic rings. The number of hydrogen-bond acceptors (Lipinski definition) is 2. The number of carbonyl (C=O) groups is 1. The first-order valence-electron chi connectivity index (χ1n) is 5.20. The van der Waals surface area contributed by atoms with Gasteiger partial charge in [-0.15, -0.1) is 0 Å². The van der Waals surface area contributed by atoms with E-state index in [1.54, 1.807) is 0 Å². The summed E-state index contributed by atoms with van der Waals surface area (Å²) in [6.07, 6.45) is -4.47. The summed E-state index contributed by atoms with van der Waals surface area (Å²) in [7, 11) is 0. The summed E-state index contributed by atoms with van der Waals surface area (Å²) in [5.41, 5.74) is 4.72. The molecule has 18 heavy (non-hydrogen) atoms. The number of hydrogen-bond donors (Lipinski definition) is 1. The van der Waals surface area contributed by atoms with Gasteiger partial charge in [0.05, 0.1) is 16.1 Å². The van der Waals surface area contributed by atoms with E-state index in [1.165, 1.54) is 4.90 Å². The topological polar surface area (TPSA) is 46.3 Å². The van der Waals surface area contributed by atoms with Gasteiger partial charge in [-0.3, -0.25) is 4.79 Å². The van der Waals surface area contributed by atoms with E-state index in [9.17, 15) is 18.0 Å². The van der Waals surface area contributed by atoms with Crippen molar-refractivity contribution in [2.24, 2.45) is 5.73 Å². The first kappa shape index (κ1) is 13.2. The van der Waals surface area contributed by atoms with Gasteiger partial charge in [-0.2, -0.15) is 13.2 Å². The quantitative estimate of drug-likeness (QED) is 0.855. The molecule has 7 heteroatoms. The first-order valence-corrected chi connectivity index (χ1v) is 5.58. The van der Waals surface area contributed by atoms with Crippen molar-refractivity contribution in [2.75, 3.05) is 13.1 Å². The Bertz CT molecular complexity index is 484. The third-order valence-electron chi connectivity index (χ3n) is 2.72. The lowest BCUT2D eigenvalue weighted by Gasteiger charge is -2.37. The Morgan fingerprint density at radius 1 is 1.39 bits per heavy atom. The van der Waals surface area contributed by atoms with Crippen LogP contribution in [0.25, 0.3) is 0 Å². The van der Waals surface area contributed by atoms with Gasteiger partial charge in [-0.25, -0.2) is 0 Å². The van der Waals surface area contributed by atoms with Crippen LogP contribution in [0.3, 0.4) is 0 Å². The molecule has 98 valence electrons. The van der Waals surface area contributed by atoms with Gasteiger partial charge in [0.1, 0.15) is 0 Å². The SMILES string of the molecule is NC1CN(C(=O)c2ccc(C(F)(F)F)cc2Cl)C1. The summed E-state index contributed by atoms with van der Waals surface area (Å²) in [5.74, 6) is -0.393. The fraction of sp³-hybridized carbons (Fsp3) is 0.364. The van der Waals surface area contributed by atoms with Gasteiger partial charge in [-0.05, 0) is 18.2 Å². The highest BCUT2D eigenvalue weighted by Gasteiger charge is 2.33. The van der Waals surface area contributed by atoms with Crippen LogP contribution in [0.4, 0.5) is 13.2 Å². The van der Waals surface area contributed by atoms with Crippen molar-refractivity contribution in [3.63, 3.8) is 0 Å². The van der Waals surface area contributed by atoms with E-state index in [4.69, 9.17) is 17.3 Å². The second-order valence-corrected chi connectivity index (χ2v) is 4.57. The number of amides is 1. The van der Waals surface area contributed by atoms with E-state index in [-0.39, 0.29) is 16.6 Å². The van der Waals surface area contributed by atoms with Gasteiger partial charge < -0.3 is 10.6 Å². The Balaban J connectivity index is 2.22. The van der Waals surface area contributed by atoms with Crippen molar-refractivity contribution in [3.8, 4) is 0 Å². The molecule has 1 aromatic carbocycles. The van der Waals surface area contributed by atoms with Crippen LogP contribution in [0, 0.1) is 0 Å². The zero-order chi connectivity index (χ0) is 13.5. The molecule has 1 heterocycles. The van der Waals surface area contributed by atoms with E-state index in [2.05, 4.69) is 0 Å². The lowest BCUT2D eigenvalue weighted by atomic mass is 10.1. The minimum absolute atomic E-state index is 0.0663. The number of halogens is 4. The van der Waals surface area contributed by atoms with Crippen LogP contribution in [0.5, 0.6) is 0 Å². The molecule has 1 amide bonds. The zero-order valence-electron chi connectivity index (χ0n) is 9.17. The van der Waals surface area contributed by atoms with Gasteiger partial charge in [0.25, 0.3) is 5.91 Å². The number of alkyl halides is 3. The van der Waals surface area contributed by atoms with Crippen molar-refractivity contribution in [1.82, 2.24) is 4.90 Å². The maximum atomic E-state index is 12.4. The lowest BCUT2D eigenvalue weighted by molar-refractivity contribution is -0.137. The second-order valence-electron chi connectivity index (χ2n) is 4.16. The van der Waals surface area contributed by atoms with Crippen LogP contribution in [0.15, 0.2) is 18.2 Å². The number of rotatable bonds is 1. The largest absolute Gasteiger partial charge is 0.416 e. The molecule has 0 saturated carbocycles. The molecular formula is C11H10ClF3N2O. The molecule has 2 rings (SSSR count). The molecule has 0 spiro atoms. The van der Waals surface area contributed by atoms with Gasteiger partial charge in [0.15, 0.2) is 0 Å². The fourth-order valence-electron chi connectivity index (χ4n) is 1.71. The van der Waals surface area contributed by atoms with E-state index in [0.29, 0.717) is 13.1 Å². The lowest BCUT2D eigenvalue weighted by Crippen LogP contribution is -2.57. The van der Waals surface area contributed by atoms with Gasteiger partial charge in [0.2, 0.25) is 0 Å². The number of benzene rings is 1. The molecule has 1 aliphatic heterocycles. The normalized spacial score (nSPS) is 16.6. The van der Waals surface area contributed by atoms with Crippen LogP contribution in [0.1, 0.15) is 15.9 Å². The minimum atomic E-state index is -4.47. The number of nitrogens with two attached hydrogens (primary N) is 1. The molecule has 2 N–H and O–H groups in total. The minimum Gasteiger partial charge on any atom is -0.335 e. The standard InChI is InChI=1S/C11H10ClF3N2O/c12-9-3-6(11(13,14)15)1-2-8(9)10(18)17-4-7(16)5-17/h1-3,7H,4-5,16H2. The summed E-state index contributed by atoms with van der Waals surface area (Å²) in [6, 6.07) is 2.63. The smallest absolute Gasteiger partial charge is 0.335 e. The van der Waals surface area contributed by atoms with Gasteiger partial charge in [-0.1, -0.05) is 11.6 Å².